The monoisotopic (exact) mass is 357 g/mol. The molecule has 132 valence electrons. The fourth-order valence-corrected chi connectivity index (χ4v) is 5.09. The van der Waals surface area contributed by atoms with Crippen LogP contribution in [0, 0.1) is 0 Å². The van der Waals surface area contributed by atoms with Gasteiger partial charge in [-0.3, -0.25) is 4.79 Å². The van der Waals surface area contributed by atoms with Crippen molar-refractivity contribution in [1.82, 2.24) is 4.31 Å². The molecule has 25 heavy (non-hydrogen) atoms. The summed E-state index contributed by atoms with van der Waals surface area (Å²) in [4.78, 5) is 12.7. The maximum atomic E-state index is 12.7. The Kier molecular flexibility index (Phi) is 5.66. The fraction of sp³-hybridized carbons (Fsp3) is 0.350. The number of aryl methyl sites for hydroxylation is 1. The predicted octanol–water partition coefficient (Wildman–Crippen LogP) is 3.30. The van der Waals surface area contributed by atoms with Gasteiger partial charge in [0.05, 0.1) is 11.8 Å². The molecule has 1 heterocycles. The third kappa shape index (κ3) is 4.35. The fourth-order valence-electron chi connectivity index (χ4n) is 3.35. The number of nitrogens with zero attached hydrogens (tertiary/aromatic N) is 1. The topological polar surface area (TPSA) is 54.5 Å². The normalized spacial score (nSPS) is 18.3. The Morgan fingerprint density at radius 3 is 2.32 bits per heavy atom. The first-order chi connectivity index (χ1) is 12.1. The van der Waals surface area contributed by atoms with Gasteiger partial charge in [-0.25, -0.2) is 8.42 Å². The number of ketones is 1. The van der Waals surface area contributed by atoms with Crippen molar-refractivity contribution in [3.63, 3.8) is 0 Å². The number of carbonyl (C=O) groups excluding carboxylic acids is 1. The van der Waals surface area contributed by atoms with Crippen LogP contribution in [0.1, 0.15) is 35.2 Å². The van der Waals surface area contributed by atoms with Crippen molar-refractivity contribution in [2.24, 2.45) is 0 Å². The number of hydrogen-bond acceptors (Lipinski definition) is 3. The molecular weight excluding hydrogens is 334 g/mol. The highest BCUT2D eigenvalue weighted by Crippen LogP contribution is 2.25. The highest BCUT2D eigenvalue weighted by Gasteiger charge is 2.38. The predicted molar refractivity (Wildman–Crippen MR) is 99.1 cm³/mol. The highest BCUT2D eigenvalue weighted by atomic mass is 32.2. The summed E-state index contributed by atoms with van der Waals surface area (Å²) in [5.41, 5.74) is 1.72. The minimum atomic E-state index is -3.42. The Morgan fingerprint density at radius 1 is 1.00 bits per heavy atom. The second kappa shape index (κ2) is 7.93. The summed E-state index contributed by atoms with van der Waals surface area (Å²) in [5.74, 6) is -0.00904. The van der Waals surface area contributed by atoms with E-state index in [0.29, 0.717) is 24.9 Å². The van der Waals surface area contributed by atoms with Gasteiger partial charge < -0.3 is 0 Å². The first kappa shape index (κ1) is 17.8. The van der Waals surface area contributed by atoms with E-state index in [9.17, 15) is 13.2 Å². The molecule has 0 aliphatic carbocycles. The van der Waals surface area contributed by atoms with Crippen LogP contribution in [0.15, 0.2) is 60.7 Å². The summed E-state index contributed by atoms with van der Waals surface area (Å²) < 4.78 is 26.9. The lowest BCUT2D eigenvalue weighted by molar-refractivity contribution is 0.0918. The molecule has 1 atom stereocenters. The largest absolute Gasteiger partial charge is 0.292 e. The van der Waals surface area contributed by atoms with Crippen LogP contribution >= 0.6 is 0 Å². The average molecular weight is 357 g/mol. The van der Waals surface area contributed by atoms with Crippen molar-refractivity contribution in [2.45, 2.75) is 31.7 Å². The quantitative estimate of drug-likeness (QED) is 0.715. The molecule has 1 unspecified atom stereocenters. The average Bonchev–Trinajstić information content (AvgIpc) is 3.13. The third-order valence-corrected chi connectivity index (χ3v) is 6.59. The van der Waals surface area contributed by atoms with Crippen LogP contribution in [0.25, 0.3) is 0 Å². The van der Waals surface area contributed by atoms with Gasteiger partial charge in [-0.15, -0.1) is 0 Å². The van der Waals surface area contributed by atoms with E-state index in [1.807, 2.05) is 36.4 Å². The molecule has 2 aromatic rings. The maximum absolute atomic E-state index is 12.7. The van der Waals surface area contributed by atoms with E-state index in [1.54, 1.807) is 24.3 Å². The lowest BCUT2D eigenvalue weighted by Crippen LogP contribution is -2.41. The molecule has 1 fully saturated rings. The number of Topliss-reactive ketones (excluding diaryl/α,β-unsaturated/α-hetero) is 1. The zero-order valence-electron chi connectivity index (χ0n) is 14.2. The Labute approximate surface area is 149 Å². The van der Waals surface area contributed by atoms with E-state index in [2.05, 4.69) is 0 Å². The Bertz CT molecular complexity index is 803. The second-order valence-corrected chi connectivity index (χ2v) is 8.45. The van der Waals surface area contributed by atoms with Crippen molar-refractivity contribution in [2.75, 3.05) is 12.3 Å². The molecule has 2 aromatic carbocycles. The van der Waals surface area contributed by atoms with E-state index < -0.39 is 16.1 Å². The van der Waals surface area contributed by atoms with E-state index in [4.69, 9.17) is 0 Å². The van der Waals surface area contributed by atoms with Gasteiger partial charge in [0.1, 0.15) is 0 Å². The number of sulfonamides is 1. The summed E-state index contributed by atoms with van der Waals surface area (Å²) in [6.45, 7) is 0.441. The molecular formula is C20H23NO3S. The molecule has 1 aliphatic rings. The van der Waals surface area contributed by atoms with Crippen molar-refractivity contribution >= 4 is 15.8 Å². The molecule has 3 rings (SSSR count). The van der Waals surface area contributed by atoms with E-state index in [-0.39, 0.29) is 11.5 Å². The number of benzene rings is 2. The maximum Gasteiger partial charge on any atom is 0.214 e. The molecule has 0 amide bonds. The van der Waals surface area contributed by atoms with Crippen molar-refractivity contribution in [3.8, 4) is 0 Å². The van der Waals surface area contributed by atoms with Gasteiger partial charge in [0.2, 0.25) is 10.0 Å². The number of carbonyl (C=O) groups is 1. The first-order valence-electron chi connectivity index (χ1n) is 8.70. The number of hydrogen-bond donors (Lipinski definition) is 0. The molecule has 0 bridgehead atoms. The lowest BCUT2D eigenvalue weighted by Gasteiger charge is -2.23. The summed E-state index contributed by atoms with van der Waals surface area (Å²) in [7, 11) is -3.42. The van der Waals surface area contributed by atoms with Crippen LogP contribution in [0.2, 0.25) is 0 Å². The van der Waals surface area contributed by atoms with Gasteiger partial charge in [0, 0.05) is 12.1 Å². The smallest absolute Gasteiger partial charge is 0.214 e. The third-order valence-electron chi connectivity index (χ3n) is 4.63. The molecule has 5 heteroatoms. The molecule has 1 saturated heterocycles. The highest BCUT2D eigenvalue weighted by molar-refractivity contribution is 7.89. The summed E-state index contributed by atoms with van der Waals surface area (Å²) in [5, 5.41) is 0. The second-order valence-electron chi connectivity index (χ2n) is 6.40. The van der Waals surface area contributed by atoms with Crippen molar-refractivity contribution < 1.29 is 13.2 Å². The Balaban J connectivity index is 1.65. The van der Waals surface area contributed by atoms with E-state index in [0.717, 1.165) is 18.4 Å². The van der Waals surface area contributed by atoms with Crippen LogP contribution in [0.4, 0.5) is 0 Å². The van der Waals surface area contributed by atoms with Crippen molar-refractivity contribution in [1.29, 1.82) is 0 Å². The molecule has 0 spiro atoms. The Morgan fingerprint density at radius 2 is 1.64 bits per heavy atom. The Hall–Kier alpha value is -1.98. The molecule has 4 nitrogen and oxygen atoms in total. The van der Waals surface area contributed by atoms with Gasteiger partial charge >= 0.3 is 0 Å². The summed E-state index contributed by atoms with van der Waals surface area (Å²) in [6, 6.07) is 18.3. The van der Waals surface area contributed by atoms with Gasteiger partial charge in [0.15, 0.2) is 5.78 Å². The summed E-state index contributed by atoms with van der Waals surface area (Å²) >= 11 is 0. The lowest BCUT2D eigenvalue weighted by atomic mass is 10.0. The zero-order chi connectivity index (χ0) is 17.7. The van der Waals surface area contributed by atoms with Crippen LogP contribution in [-0.2, 0) is 16.4 Å². The SMILES string of the molecule is O=C(c1ccccc1)C1CCCN1S(=O)(=O)CCCc1ccccc1. The minimum absolute atomic E-state index is 0.0838. The van der Waals surface area contributed by atoms with Crippen LogP contribution < -0.4 is 0 Å². The zero-order valence-corrected chi connectivity index (χ0v) is 15.0. The van der Waals surface area contributed by atoms with Crippen LogP contribution in [-0.4, -0.2) is 36.8 Å². The molecule has 0 radical (unpaired) electrons. The first-order valence-corrected chi connectivity index (χ1v) is 10.3. The van der Waals surface area contributed by atoms with E-state index >= 15 is 0 Å². The van der Waals surface area contributed by atoms with Gasteiger partial charge in [0.25, 0.3) is 0 Å². The van der Waals surface area contributed by atoms with Crippen LogP contribution in [0.3, 0.4) is 0 Å². The molecule has 0 aromatic heterocycles. The molecule has 0 saturated carbocycles. The number of rotatable bonds is 7. The molecule has 1 aliphatic heterocycles. The van der Waals surface area contributed by atoms with E-state index in [1.165, 1.54) is 4.31 Å². The molecule has 0 N–H and O–H groups in total. The summed E-state index contributed by atoms with van der Waals surface area (Å²) in [6.07, 6.45) is 2.63. The van der Waals surface area contributed by atoms with Gasteiger partial charge in [-0.1, -0.05) is 60.7 Å². The standard InChI is InChI=1S/C20H23NO3S/c22-20(18-12-5-2-6-13-18)19-14-7-15-21(19)25(23,24)16-8-11-17-9-3-1-4-10-17/h1-6,9-10,12-13,19H,7-8,11,14-16H2. The van der Waals surface area contributed by atoms with Gasteiger partial charge in [-0.2, -0.15) is 4.31 Å². The van der Waals surface area contributed by atoms with Crippen LogP contribution in [0.5, 0.6) is 0 Å². The van der Waals surface area contributed by atoms with Gasteiger partial charge in [-0.05, 0) is 31.2 Å². The van der Waals surface area contributed by atoms with Crippen molar-refractivity contribution in [3.05, 3.63) is 71.8 Å². The minimum Gasteiger partial charge on any atom is -0.292 e.